The maximum absolute atomic E-state index is 12.5. The Bertz CT molecular complexity index is 858. The highest BCUT2D eigenvalue weighted by atomic mass is 32.2. The van der Waals surface area contributed by atoms with E-state index in [1.165, 1.54) is 17.7 Å². The molecule has 0 aromatic heterocycles. The maximum Gasteiger partial charge on any atom is 0.276 e. The average molecular weight is 358 g/mol. The Labute approximate surface area is 148 Å². The highest BCUT2D eigenvalue weighted by Crippen LogP contribution is 2.21. The van der Waals surface area contributed by atoms with Crippen LogP contribution in [0.15, 0.2) is 58.5 Å². The lowest BCUT2D eigenvalue weighted by Gasteiger charge is -2.09. The number of rotatable bonds is 5. The van der Waals surface area contributed by atoms with Gasteiger partial charge in [0.15, 0.2) is 0 Å². The molecule has 0 saturated carbocycles. The molecular weight excluding hydrogens is 336 g/mol. The summed E-state index contributed by atoms with van der Waals surface area (Å²) < 4.78 is 30.3. The van der Waals surface area contributed by atoms with Gasteiger partial charge in [-0.25, -0.2) is 0 Å². The summed E-state index contributed by atoms with van der Waals surface area (Å²) in [5, 5.41) is 4.24. The number of sulfonamides is 1. The molecule has 0 aliphatic heterocycles. The van der Waals surface area contributed by atoms with Crippen molar-refractivity contribution in [2.45, 2.75) is 37.5 Å². The molecule has 5 nitrogen and oxygen atoms in total. The minimum atomic E-state index is -3.70. The predicted molar refractivity (Wildman–Crippen MR) is 98.5 cm³/mol. The molecule has 0 spiro atoms. The summed E-state index contributed by atoms with van der Waals surface area (Å²) in [6, 6.07) is 14.4. The molecule has 1 aliphatic rings. The van der Waals surface area contributed by atoms with Crippen LogP contribution in [0.2, 0.25) is 0 Å². The van der Waals surface area contributed by atoms with Gasteiger partial charge >= 0.3 is 0 Å². The van der Waals surface area contributed by atoms with Gasteiger partial charge in [-0.15, -0.1) is 0 Å². The number of ether oxygens (including phenoxy) is 1. The molecule has 0 saturated heterocycles. The summed E-state index contributed by atoms with van der Waals surface area (Å²) in [4.78, 5) is 2.55. The number of benzene rings is 2. The van der Waals surface area contributed by atoms with Crippen LogP contribution in [-0.4, -0.2) is 20.7 Å². The second kappa shape index (κ2) is 7.70. The third-order valence-corrected chi connectivity index (χ3v) is 5.41. The van der Waals surface area contributed by atoms with Crippen molar-refractivity contribution in [3.05, 3.63) is 59.7 Å². The summed E-state index contributed by atoms with van der Waals surface area (Å²) in [5.74, 6) is 0.644. The second-order valence-corrected chi connectivity index (χ2v) is 7.58. The van der Waals surface area contributed by atoms with Crippen LogP contribution in [0.5, 0.6) is 5.75 Å². The molecule has 6 heteroatoms. The normalized spacial score (nSPS) is 16.1. The SMILES string of the molecule is CCOc1ccc(S(=O)(=O)NN=C2CCCCc3ccccc32)cc1. The maximum atomic E-state index is 12.5. The molecule has 25 heavy (non-hydrogen) atoms. The molecule has 132 valence electrons. The smallest absolute Gasteiger partial charge is 0.276 e. The molecule has 0 fully saturated rings. The molecule has 1 aliphatic carbocycles. The van der Waals surface area contributed by atoms with Gasteiger partial charge in [0.1, 0.15) is 5.75 Å². The first-order chi connectivity index (χ1) is 12.1. The van der Waals surface area contributed by atoms with Crippen LogP contribution in [0.1, 0.15) is 37.3 Å². The quantitative estimate of drug-likeness (QED) is 0.657. The lowest BCUT2D eigenvalue weighted by atomic mass is 10.0. The number of hydrogen-bond acceptors (Lipinski definition) is 4. The fourth-order valence-electron chi connectivity index (χ4n) is 2.93. The standard InChI is InChI=1S/C19H22N2O3S/c1-2-24-16-11-13-17(14-12-16)25(22,23)21-20-19-10-6-4-8-15-7-3-5-9-18(15)19/h3,5,7,9,11-14,21H,2,4,6,8,10H2,1H3. The van der Waals surface area contributed by atoms with E-state index in [1.807, 2.05) is 25.1 Å². The molecule has 3 rings (SSSR count). The van der Waals surface area contributed by atoms with Crippen molar-refractivity contribution in [1.82, 2.24) is 4.83 Å². The topological polar surface area (TPSA) is 67.8 Å². The highest BCUT2D eigenvalue weighted by Gasteiger charge is 2.16. The molecule has 0 heterocycles. The van der Waals surface area contributed by atoms with Gasteiger partial charge in [-0.3, -0.25) is 0 Å². The number of aryl methyl sites for hydroxylation is 1. The zero-order chi connectivity index (χ0) is 17.7. The Morgan fingerprint density at radius 2 is 1.76 bits per heavy atom. The number of nitrogens with one attached hydrogen (secondary N) is 1. The number of hydrogen-bond donors (Lipinski definition) is 1. The van der Waals surface area contributed by atoms with Crippen LogP contribution in [0.25, 0.3) is 0 Å². The summed E-state index contributed by atoms with van der Waals surface area (Å²) in [5.41, 5.74) is 3.05. The van der Waals surface area contributed by atoms with E-state index >= 15 is 0 Å². The van der Waals surface area contributed by atoms with E-state index in [2.05, 4.69) is 16.0 Å². The molecule has 2 aromatic carbocycles. The van der Waals surface area contributed by atoms with Crippen molar-refractivity contribution in [1.29, 1.82) is 0 Å². The van der Waals surface area contributed by atoms with Crippen molar-refractivity contribution in [3.63, 3.8) is 0 Å². The van der Waals surface area contributed by atoms with Gasteiger partial charge in [-0.2, -0.15) is 18.4 Å². The van der Waals surface area contributed by atoms with Crippen molar-refractivity contribution in [2.24, 2.45) is 5.10 Å². The van der Waals surface area contributed by atoms with Crippen molar-refractivity contribution in [2.75, 3.05) is 6.61 Å². The van der Waals surface area contributed by atoms with Crippen LogP contribution in [0.4, 0.5) is 0 Å². The van der Waals surface area contributed by atoms with Gasteiger partial charge in [-0.1, -0.05) is 24.3 Å². The second-order valence-electron chi connectivity index (χ2n) is 5.92. The van der Waals surface area contributed by atoms with E-state index in [0.29, 0.717) is 12.4 Å². The molecule has 0 bridgehead atoms. The molecular formula is C19H22N2O3S. The Hall–Kier alpha value is -2.34. The first-order valence-electron chi connectivity index (χ1n) is 8.49. The largest absolute Gasteiger partial charge is 0.494 e. The van der Waals surface area contributed by atoms with Gasteiger partial charge < -0.3 is 4.74 Å². The van der Waals surface area contributed by atoms with Gasteiger partial charge in [0.05, 0.1) is 17.2 Å². The van der Waals surface area contributed by atoms with E-state index in [-0.39, 0.29) is 4.90 Å². The van der Waals surface area contributed by atoms with Crippen molar-refractivity contribution in [3.8, 4) is 5.75 Å². The van der Waals surface area contributed by atoms with E-state index in [0.717, 1.165) is 37.0 Å². The third kappa shape index (κ3) is 4.20. The summed E-state index contributed by atoms with van der Waals surface area (Å²) in [6.45, 7) is 2.42. The number of fused-ring (bicyclic) bond motifs is 1. The van der Waals surface area contributed by atoms with Crippen molar-refractivity contribution < 1.29 is 13.2 Å². The number of hydrazone groups is 1. The Balaban J connectivity index is 1.82. The van der Waals surface area contributed by atoms with Gasteiger partial charge in [0, 0.05) is 5.56 Å². The minimum Gasteiger partial charge on any atom is -0.494 e. The zero-order valence-corrected chi connectivity index (χ0v) is 15.1. The Morgan fingerprint density at radius 1 is 1.04 bits per heavy atom. The average Bonchev–Trinajstić information content (AvgIpc) is 2.83. The van der Waals surface area contributed by atoms with Gasteiger partial charge in [-0.05, 0) is 62.4 Å². The first kappa shape index (κ1) is 17.5. The van der Waals surface area contributed by atoms with Crippen LogP contribution in [0.3, 0.4) is 0 Å². The number of nitrogens with zero attached hydrogens (tertiary/aromatic N) is 1. The molecule has 0 atom stereocenters. The van der Waals surface area contributed by atoms with Gasteiger partial charge in [0.25, 0.3) is 10.0 Å². The first-order valence-corrected chi connectivity index (χ1v) is 9.98. The molecule has 1 N–H and O–H groups in total. The fraction of sp³-hybridized carbons (Fsp3) is 0.316. The summed E-state index contributed by atoms with van der Waals surface area (Å²) in [7, 11) is -3.70. The van der Waals surface area contributed by atoms with Crippen LogP contribution in [0, 0.1) is 0 Å². The highest BCUT2D eigenvalue weighted by molar-refractivity contribution is 7.89. The zero-order valence-electron chi connectivity index (χ0n) is 14.2. The fourth-order valence-corrected chi connectivity index (χ4v) is 3.76. The Morgan fingerprint density at radius 3 is 2.52 bits per heavy atom. The molecule has 0 amide bonds. The van der Waals surface area contributed by atoms with Gasteiger partial charge in [0.2, 0.25) is 0 Å². The lowest BCUT2D eigenvalue weighted by Crippen LogP contribution is -2.20. The summed E-state index contributed by atoms with van der Waals surface area (Å²) in [6.07, 6.45) is 3.85. The van der Waals surface area contributed by atoms with E-state index < -0.39 is 10.0 Å². The summed E-state index contributed by atoms with van der Waals surface area (Å²) >= 11 is 0. The van der Waals surface area contributed by atoms with E-state index in [1.54, 1.807) is 12.1 Å². The monoisotopic (exact) mass is 358 g/mol. The molecule has 2 aromatic rings. The third-order valence-electron chi connectivity index (χ3n) is 4.18. The lowest BCUT2D eigenvalue weighted by molar-refractivity contribution is 0.340. The minimum absolute atomic E-state index is 0.169. The van der Waals surface area contributed by atoms with E-state index in [9.17, 15) is 8.42 Å². The van der Waals surface area contributed by atoms with Crippen LogP contribution in [-0.2, 0) is 16.4 Å². The molecule has 0 radical (unpaired) electrons. The predicted octanol–water partition coefficient (Wildman–Crippen LogP) is 3.49. The van der Waals surface area contributed by atoms with E-state index in [4.69, 9.17) is 4.74 Å². The van der Waals surface area contributed by atoms with Crippen molar-refractivity contribution >= 4 is 15.7 Å². The van der Waals surface area contributed by atoms with Crippen LogP contribution >= 0.6 is 0 Å². The molecule has 0 unspecified atom stereocenters. The Kier molecular flexibility index (Phi) is 5.38. The van der Waals surface area contributed by atoms with Crippen LogP contribution < -0.4 is 9.57 Å².